The number of nitrogen functional groups attached to an aromatic ring is 1. The van der Waals surface area contributed by atoms with Crippen molar-refractivity contribution in [1.82, 2.24) is 0 Å². The monoisotopic (exact) mass is 251 g/mol. The molecular weight excluding hydrogens is 238 g/mol. The molecule has 0 aliphatic carbocycles. The van der Waals surface area contributed by atoms with Crippen LogP contribution in [0.15, 0.2) is 48.5 Å². The van der Waals surface area contributed by atoms with E-state index in [1.807, 2.05) is 0 Å². The predicted octanol–water partition coefficient (Wildman–Crippen LogP) is 2.42. The van der Waals surface area contributed by atoms with Crippen LogP contribution in [-0.4, -0.2) is 13.0 Å². The Bertz CT molecular complexity index is 658. The van der Waals surface area contributed by atoms with Crippen LogP contribution in [0.3, 0.4) is 0 Å². The predicted molar refractivity (Wildman–Crippen MR) is 74.7 cm³/mol. The van der Waals surface area contributed by atoms with Crippen molar-refractivity contribution in [2.75, 3.05) is 17.7 Å². The lowest BCUT2D eigenvalue weighted by Crippen LogP contribution is -2.27. The maximum absolute atomic E-state index is 12.4. The second-order valence-corrected chi connectivity index (χ2v) is 4.08. The number of benzene rings is 2. The number of carbonyl (C=O) groups is 1. The van der Waals surface area contributed by atoms with Crippen molar-refractivity contribution in [2.45, 2.75) is 0 Å². The minimum absolute atomic E-state index is 0.235. The van der Waals surface area contributed by atoms with Gasteiger partial charge < -0.3 is 10.6 Å². The molecule has 0 saturated heterocycles. The van der Waals surface area contributed by atoms with Crippen molar-refractivity contribution >= 4 is 17.3 Å². The van der Waals surface area contributed by atoms with Gasteiger partial charge in [0.25, 0.3) is 5.91 Å². The average Bonchev–Trinajstić information content (AvgIpc) is 2.46. The van der Waals surface area contributed by atoms with E-state index in [9.17, 15) is 4.79 Å². The van der Waals surface area contributed by atoms with Crippen molar-refractivity contribution in [2.24, 2.45) is 0 Å². The van der Waals surface area contributed by atoms with Crippen LogP contribution < -0.4 is 10.6 Å². The van der Waals surface area contributed by atoms with Gasteiger partial charge in [0, 0.05) is 12.7 Å². The molecule has 0 saturated carbocycles. The molecule has 19 heavy (non-hydrogen) atoms. The van der Waals surface area contributed by atoms with Crippen LogP contribution in [0.25, 0.3) is 0 Å². The minimum atomic E-state index is -0.235. The number of nitriles is 1. The van der Waals surface area contributed by atoms with Gasteiger partial charge in [-0.25, -0.2) is 0 Å². The van der Waals surface area contributed by atoms with Gasteiger partial charge in [0.05, 0.1) is 16.8 Å². The van der Waals surface area contributed by atoms with Crippen molar-refractivity contribution < 1.29 is 4.79 Å². The molecular formula is C15H13N3O. The second-order valence-electron chi connectivity index (χ2n) is 4.08. The fourth-order valence-corrected chi connectivity index (χ4v) is 1.84. The largest absolute Gasteiger partial charge is 0.398 e. The summed E-state index contributed by atoms with van der Waals surface area (Å²) >= 11 is 0. The number of anilines is 2. The molecule has 2 rings (SSSR count). The van der Waals surface area contributed by atoms with E-state index in [0.29, 0.717) is 22.5 Å². The van der Waals surface area contributed by atoms with Gasteiger partial charge in [-0.2, -0.15) is 5.26 Å². The third-order valence-corrected chi connectivity index (χ3v) is 2.88. The van der Waals surface area contributed by atoms with Gasteiger partial charge in [0.1, 0.15) is 6.07 Å². The standard InChI is InChI=1S/C15H13N3O/c1-18(14-9-5-2-6-11(14)10-16)15(19)12-7-3-4-8-13(12)17/h2-9H,17H2,1H3. The highest BCUT2D eigenvalue weighted by Crippen LogP contribution is 2.22. The second kappa shape index (κ2) is 5.23. The minimum Gasteiger partial charge on any atom is -0.398 e. The Labute approximate surface area is 111 Å². The first-order valence-electron chi connectivity index (χ1n) is 5.77. The van der Waals surface area contributed by atoms with Gasteiger partial charge in [-0.05, 0) is 24.3 Å². The lowest BCUT2D eigenvalue weighted by Gasteiger charge is -2.19. The third kappa shape index (κ3) is 2.40. The van der Waals surface area contributed by atoms with Gasteiger partial charge in [0.15, 0.2) is 0 Å². The van der Waals surface area contributed by atoms with Gasteiger partial charge in [-0.15, -0.1) is 0 Å². The number of carbonyl (C=O) groups excluding carboxylic acids is 1. The first kappa shape index (κ1) is 12.7. The summed E-state index contributed by atoms with van der Waals surface area (Å²) in [6.45, 7) is 0. The Hall–Kier alpha value is -2.80. The quantitative estimate of drug-likeness (QED) is 0.833. The number of rotatable bonds is 2. The molecule has 94 valence electrons. The van der Waals surface area contributed by atoms with Crippen LogP contribution in [0, 0.1) is 11.3 Å². The number of hydrogen-bond donors (Lipinski definition) is 1. The summed E-state index contributed by atoms with van der Waals surface area (Å²) in [4.78, 5) is 13.8. The van der Waals surface area contributed by atoms with Gasteiger partial charge in [-0.3, -0.25) is 4.79 Å². The fourth-order valence-electron chi connectivity index (χ4n) is 1.84. The SMILES string of the molecule is CN(C(=O)c1ccccc1N)c1ccccc1C#N. The molecule has 4 heteroatoms. The van der Waals surface area contributed by atoms with Gasteiger partial charge in [0.2, 0.25) is 0 Å². The van der Waals surface area contributed by atoms with Crippen molar-refractivity contribution in [3.63, 3.8) is 0 Å². The van der Waals surface area contributed by atoms with E-state index < -0.39 is 0 Å². The molecule has 0 spiro atoms. The van der Waals surface area contributed by atoms with Crippen LogP contribution in [0.1, 0.15) is 15.9 Å². The Balaban J connectivity index is 2.40. The van der Waals surface area contributed by atoms with Crippen LogP contribution in [0.4, 0.5) is 11.4 Å². The molecule has 0 heterocycles. The first-order chi connectivity index (χ1) is 9.15. The van der Waals surface area contributed by atoms with E-state index in [-0.39, 0.29) is 5.91 Å². The maximum atomic E-state index is 12.4. The number of nitrogens with two attached hydrogens (primary N) is 1. The normalized spacial score (nSPS) is 9.68. The first-order valence-corrected chi connectivity index (χ1v) is 5.77. The number of para-hydroxylation sites is 2. The van der Waals surface area contributed by atoms with E-state index in [2.05, 4.69) is 6.07 Å². The molecule has 2 N–H and O–H groups in total. The summed E-state index contributed by atoms with van der Waals surface area (Å²) < 4.78 is 0. The summed E-state index contributed by atoms with van der Waals surface area (Å²) in [6.07, 6.45) is 0. The van der Waals surface area contributed by atoms with E-state index >= 15 is 0 Å². The molecule has 1 amide bonds. The Morgan fingerprint density at radius 3 is 2.47 bits per heavy atom. The molecule has 0 atom stereocenters. The summed E-state index contributed by atoms with van der Waals surface area (Å²) in [7, 11) is 1.63. The Morgan fingerprint density at radius 2 is 1.79 bits per heavy atom. The molecule has 0 fully saturated rings. The van der Waals surface area contributed by atoms with E-state index in [4.69, 9.17) is 11.0 Å². The highest BCUT2D eigenvalue weighted by atomic mass is 16.2. The summed E-state index contributed by atoms with van der Waals surface area (Å²) in [5.41, 5.74) is 7.67. The molecule has 0 unspecified atom stereocenters. The Morgan fingerprint density at radius 1 is 1.16 bits per heavy atom. The topological polar surface area (TPSA) is 70.1 Å². The zero-order chi connectivity index (χ0) is 13.8. The smallest absolute Gasteiger partial charge is 0.260 e. The molecule has 0 aliphatic rings. The lowest BCUT2D eigenvalue weighted by atomic mass is 10.1. The number of nitrogens with zero attached hydrogens (tertiary/aromatic N) is 2. The van der Waals surface area contributed by atoms with E-state index in [1.165, 1.54) is 4.90 Å². The van der Waals surface area contributed by atoms with Crippen molar-refractivity contribution in [1.29, 1.82) is 5.26 Å². The highest BCUT2D eigenvalue weighted by molar-refractivity contribution is 6.09. The molecule has 0 radical (unpaired) electrons. The van der Waals surface area contributed by atoms with Gasteiger partial charge in [-0.1, -0.05) is 24.3 Å². The van der Waals surface area contributed by atoms with Crippen molar-refractivity contribution in [3.05, 3.63) is 59.7 Å². The van der Waals surface area contributed by atoms with E-state index in [1.54, 1.807) is 55.6 Å². The van der Waals surface area contributed by atoms with Crippen LogP contribution in [-0.2, 0) is 0 Å². The van der Waals surface area contributed by atoms with Crippen LogP contribution in [0.5, 0.6) is 0 Å². The lowest BCUT2D eigenvalue weighted by molar-refractivity contribution is 0.0994. The van der Waals surface area contributed by atoms with E-state index in [0.717, 1.165) is 0 Å². The number of hydrogen-bond acceptors (Lipinski definition) is 3. The zero-order valence-electron chi connectivity index (χ0n) is 10.5. The Kier molecular flexibility index (Phi) is 3.48. The third-order valence-electron chi connectivity index (χ3n) is 2.88. The highest BCUT2D eigenvalue weighted by Gasteiger charge is 2.17. The molecule has 0 aromatic heterocycles. The number of amides is 1. The molecule has 2 aromatic carbocycles. The zero-order valence-corrected chi connectivity index (χ0v) is 10.5. The summed E-state index contributed by atoms with van der Waals surface area (Å²) in [5, 5.41) is 9.06. The van der Waals surface area contributed by atoms with Crippen LogP contribution >= 0.6 is 0 Å². The summed E-state index contributed by atoms with van der Waals surface area (Å²) in [6, 6.07) is 15.9. The molecule has 4 nitrogen and oxygen atoms in total. The maximum Gasteiger partial charge on any atom is 0.260 e. The fraction of sp³-hybridized carbons (Fsp3) is 0.0667. The molecule has 0 aliphatic heterocycles. The average molecular weight is 251 g/mol. The summed E-state index contributed by atoms with van der Waals surface area (Å²) in [5.74, 6) is -0.235. The molecule has 2 aromatic rings. The van der Waals surface area contributed by atoms with Gasteiger partial charge >= 0.3 is 0 Å². The molecule has 0 bridgehead atoms. The van der Waals surface area contributed by atoms with Crippen molar-refractivity contribution in [3.8, 4) is 6.07 Å². The van der Waals surface area contributed by atoms with Crippen LogP contribution in [0.2, 0.25) is 0 Å².